The van der Waals surface area contributed by atoms with Gasteiger partial charge in [-0.1, -0.05) is 59.1 Å². The predicted molar refractivity (Wildman–Crippen MR) is 78.3 cm³/mol. The zero-order valence-electron chi connectivity index (χ0n) is 10.2. The number of nitrogens with two attached hydrogens (primary N) is 1. The summed E-state index contributed by atoms with van der Waals surface area (Å²) in [6, 6.07) is 13.7. The fourth-order valence-electron chi connectivity index (χ4n) is 1.94. The summed E-state index contributed by atoms with van der Waals surface area (Å²) in [6.45, 7) is 2.06. The second-order valence-corrected chi connectivity index (χ2v) is 5.30. The van der Waals surface area contributed by atoms with E-state index in [0.717, 1.165) is 11.1 Å². The first-order valence-electron chi connectivity index (χ1n) is 5.82. The van der Waals surface area contributed by atoms with E-state index >= 15 is 0 Å². The van der Waals surface area contributed by atoms with Gasteiger partial charge in [0.05, 0.1) is 0 Å². The molecule has 0 aliphatic rings. The van der Waals surface area contributed by atoms with Crippen LogP contribution in [0.15, 0.2) is 42.5 Å². The van der Waals surface area contributed by atoms with E-state index in [1.54, 1.807) is 6.07 Å². The highest BCUT2D eigenvalue weighted by molar-refractivity contribution is 6.35. The Balaban J connectivity index is 2.18. The van der Waals surface area contributed by atoms with Gasteiger partial charge in [0.1, 0.15) is 0 Å². The summed E-state index contributed by atoms with van der Waals surface area (Å²) in [6.07, 6.45) is 0.708. The minimum Gasteiger partial charge on any atom is -0.324 e. The number of benzene rings is 2. The number of halogens is 2. The molecule has 0 fully saturated rings. The van der Waals surface area contributed by atoms with Gasteiger partial charge in [-0.05, 0) is 36.6 Å². The quantitative estimate of drug-likeness (QED) is 0.877. The molecule has 3 heteroatoms. The molecule has 2 rings (SSSR count). The van der Waals surface area contributed by atoms with Crippen LogP contribution in [0.1, 0.15) is 22.7 Å². The molecule has 1 atom stereocenters. The van der Waals surface area contributed by atoms with Crippen molar-refractivity contribution in [2.75, 3.05) is 0 Å². The Bertz CT molecular complexity index is 552. The molecule has 1 unspecified atom stereocenters. The monoisotopic (exact) mass is 279 g/mol. The third-order valence-electron chi connectivity index (χ3n) is 2.93. The van der Waals surface area contributed by atoms with Crippen LogP contribution in [0.2, 0.25) is 10.0 Å². The molecule has 0 aliphatic heterocycles. The van der Waals surface area contributed by atoms with E-state index in [4.69, 9.17) is 28.9 Å². The molecule has 0 aromatic heterocycles. The van der Waals surface area contributed by atoms with Gasteiger partial charge in [0.25, 0.3) is 0 Å². The molecule has 2 N–H and O–H groups in total. The lowest BCUT2D eigenvalue weighted by molar-refractivity contribution is 0.721. The Kier molecular flexibility index (Phi) is 4.28. The number of hydrogen-bond acceptors (Lipinski definition) is 1. The summed E-state index contributed by atoms with van der Waals surface area (Å²) in [4.78, 5) is 0. The summed E-state index contributed by atoms with van der Waals surface area (Å²) in [5.41, 5.74) is 9.57. The van der Waals surface area contributed by atoms with Crippen LogP contribution in [0.5, 0.6) is 0 Å². The third kappa shape index (κ3) is 3.26. The molecular formula is C15H15Cl2N. The van der Waals surface area contributed by atoms with E-state index in [-0.39, 0.29) is 6.04 Å². The highest BCUT2D eigenvalue weighted by atomic mass is 35.5. The molecule has 2 aromatic rings. The molecule has 1 nitrogen and oxygen atoms in total. The van der Waals surface area contributed by atoms with Gasteiger partial charge >= 0.3 is 0 Å². The molecule has 18 heavy (non-hydrogen) atoms. The van der Waals surface area contributed by atoms with Gasteiger partial charge < -0.3 is 5.73 Å². The van der Waals surface area contributed by atoms with Crippen LogP contribution in [0.25, 0.3) is 0 Å². The Morgan fingerprint density at radius 2 is 1.89 bits per heavy atom. The lowest BCUT2D eigenvalue weighted by Gasteiger charge is -2.14. The van der Waals surface area contributed by atoms with Crippen molar-refractivity contribution < 1.29 is 0 Å². The summed E-state index contributed by atoms with van der Waals surface area (Å²) < 4.78 is 0. The molecule has 0 radical (unpaired) electrons. The second-order valence-electron chi connectivity index (χ2n) is 4.46. The second kappa shape index (κ2) is 5.75. The van der Waals surface area contributed by atoms with Gasteiger partial charge in [-0.3, -0.25) is 0 Å². The van der Waals surface area contributed by atoms with Crippen molar-refractivity contribution >= 4 is 23.2 Å². The molecule has 0 saturated carbocycles. The van der Waals surface area contributed by atoms with Crippen molar-refractivity contribution in [1.82, 2.24) is 0 Å². The first-order valence-corrected chi connectivity index (χ1v) is 6.58. The van der Waals surface area contributed by atoms with Gasteiger partial charge in [0.2, 0.25) is 0 Å². The third-order valence-corrected chi connectivity index (χ3v) is 3.51. The maximum atomic E-state index is 6.21. The van der Waals surface area contributed by atoms with Crippen LogP contribution in [0.3, 0.4) is 0 Å². The first-order chi connectivity index (χ1) is 8.56. The van der Waals surface area contributed by atoms with E-state index < -0.39 is 0 Å². The van der Waals surface area contributed by atoms with Crippen LogP contribution < -0.4 is 5.73 Å². The van der Waals surface area contributed by atoms with Gasteiger partial charge in [-0.15, -0.1) is 0 Å². The summed E-state index contributed by atoms with van der Waals surface area (Å²) in [7, 11) is 0. The van der Waals surface area contributed by atoms with Crippen molar-refractivity contribution in [3.63, 3.8) is 0 Å². The number of aryl methyl sites for hydroxylation is 1. The molecule has 0 spiro atoms. The average molecular weight is 280 g/mol. The molecule has 0 bridgehead atoms. The van der Waals surface area contributed by atoms with E-state index in [9.17, 15) is 0 Å². The first kappa shape index (κ1) is 13.4. The van der Waals surface area contributed by atoms with Gasteiger partial charge in [-0.2, -0.15) is 0 Å². The zero-order valence-corrected chi connectivity index (χ0v) is 11.7. The Morgan fingerprint density at radius 1 is 1.11 bits per heavy atom. The van der Waals surface area contributed by atoms with E-state index in [1.165, 1.54) is 5.56 Å². The maximum Gasteiger partial charge on any atom is 0.0453 e. The van der Waals surface area contributed by atoms with Crippen molar-refractivity contribution in [2.45, 2.75) is 19.4 Å². The highest BCUT2D eigenvalue weighted by Gasteiger charge is 2.10. The maximum absolute atomic E-state index is 6.21. The molecular weight excluding hydrogens is 265 g/mol. The largest absolute Gasteiger partial charge is 0.324 e. The topological polar surface area (TPSA) is 26.0 Å². The van der Waals surface area contributed by atoms with Crippen LogP contribution in [0, 0.1) is 6.92 Å². The van der Waals surface area contributed by atoms with Gasteiger partial charge in [0.15, 0.2) is 0 Å². The Morgan fingerprint density at radius 3 is 2.56 bits per heavy atom. The van der Waals surface area contributed by atoms with Gasteiger partial charge in [0, 0.05) is 16.1 Å². The van der Waals surface area contributed by atoms with Crippen LogP contribution in [-0.2, 0) is 6.42 Å². The number of rotatable bonds is 3. The predicted octanol–water partition coefficient (Wildman–Crippen LogP) is 4.54. The zero-order chi connectivity index (χ0) is 13.1. The SMILES string of the molecule is Cc1cccc(C(N)Cc2ccc(Cl)cc2Cl)c1. The normalized spacial score (nSPS) is 12.4. The minimum atomic E-state index is -0.0522. The van der Waals surface area contributed by atoms with Crippen LogP contribution in [-0.4, -0.2) is 0 Å². The molecule has 0 aliphatic carbocycles. The fourth-order valence-corrected chi connectivity index (χ4v) is 2.43. The van der Waals surface area contributed by atoms with Crippen molar-refractivity contribution in [3.8, 4) is 0 Å². The molecule has 0 amide bonds. The fraction of sp³-hybridized carbons (Fsp3) is 0.200. The number of hydrogen-bond donors (Lipinski definition) is 1. The molecule has 0 saturated heterocycles. The Hall–Kier alpha value is -1.02. The lowest BCUT2D eigenvalue weighted by Crippen LogP contribution is -2.13. The summed E-state index contributed by atoms with van der Waals surface area (Å²) >= 11 is 12.0. The average Bonchev–Trinajstić information content (AvgIpc) is 2.32. The molecule has 94 valence electrons. The standard InChI is InChI=1S/C15H15Cl2N/c1-10-3-2-4-12(7-10)15(18)8-11-5-6-13(16)9-14(11)17/h2-7,9,15H,8,18H2,1H3. The van der Waals surface area contributed by atoms with E-state index in [1.807, 2.05) is 24.3 Å². The van der Waals surface area contributed by atoms with E-state index in [0.29, 0.717) is 16.5 Å². The van der Waals surface area contributed by atoms with Crippen molar-refractivity contribution in [2.24, 2.45) is 5.73 Å². The summed E-state index contributed by atoms with van der Waals surface area (Å²) in [5.74, 6) is 0. The van der Waals surface area contributed by atoms with Crippen molar-refractivity contribution in [3.05, 3.63) is 69.2 Å². The Labute approximate surface area is 118 Å². The minimum absolute atomic E-state index is 0.0522. The van der Waals surface area contributed by atoms with Crippen LogP contribution in [0.4, 0.5) is 0 Å². The van der Waals surface area contributed by atoms with Gasteiger partial charge in [-0.25, -0.2) is 0 Å². The smallest absolute Gasteiger partial charge is 0.0453 e. The van der Waals surface area contributed by atoms with Crippen LogP contribution >= 0.6 is 23.2 Å². The highest BCUT2D eigenvalue weighted by Crippen LogP contribution is 2.25. The van der Waals surface area contributed by atoms with E-state index in [2.05, 4.69) is 19.1 Å². The molecule has 0 heterocycles. The molecule has 2 aromatic carbocycles. The summed E-state index contributed by atoms with van der Waals surface area (Å²) in [5, 5.41) is 1.32. The van der Waals surface area contributed by atoms with Crippen molar-refractivity contribution in [1.29, 1.82) is 0 Å². The lowest BCUT2D eigenvalue weighted by atomic mass is 9.98.